The highest BCUT2D eigenvalue weighted by molar-refractivity contribution is 7.99. The van der Waals surface area contributed by atoms with Crippen molar-refractivity contribution in [1.82, 2.24) is 4.98 Å². The molecule has 0 spiro atoms. The second-order valence-corrected chi connectivity index (χ2v) is 3.83. The number of thioether (sulfide) groups is 1. The maximum Gasteiger partial charge on any atom is 0.119 e. The molecular formula is C9H14N2OS. The van der Waals surface area contributed by atoms with Crippen LogP contribution in [0.15, 0.2) is 17.3 Å². The van der Waals surface area contributed by atoms with E-state index >= 15 is 0 Å². The molecule has 1 aromatic rings. The van der Waals surface area contributed by atoms with Crippen molar-refractivity contribution in [3.05, 3.63) is 17.8 Å². The van der Waals surface area contributed by atoms with Crippen molar-refractivity contribution in [3.63, 3.8) is 0 Å². The van der Waals surface area contributed by atoms with Crippen LogP contribution in [0.5, 0.6) is 0 Å². The minimum atomic E-state index is 0.722. The van der Waals surface area contributed by atoms with Gasteiger partial charge in [0.1, 0.15) is 5.03 Å². The van der Waals surface area contributed by atoms with Gasteiger partial charge in [-0.05, 0) is 18.6 Å². The van der Waals surface area contributed by atoms with Gasteiger partial charge in [0.25, 0.3) is 0 Å². The topological polar surface area (TPSA) is 48.1 Å². The van der Waals surface area contributed by atoms with Crippen molar-refractivity contribution in [3.8, 4) is 0 Å². The molecule has 1 rings (SSSR count). The van der Waals surface area contributed by atoms with Crippen LogP contribution in [0.4, 0.5) is 5.69 Å². The van der Waals surface area contributed by atoms with Gasteiger partial charge in [0.2, 0.25) is 0 Å². The largest absolute Gasteiger partial charge is 0.397 e. The zero-order valence-electron chi connectivity index (χ0n) is 7.91. The summed E-state index contributed by atoms with van der Waals surface area (Å²) >= 11 is 1.62. The Morgan fingerprint density at radius 1 is 1.62 bits per heavy atom. The van der Waals surface area contributed by atoms with E-state index in [1.807, 2.05) is 19.2 Å². The van der Waals surface area contributed by atoms with Crippen LogP contribution in [0.3, 0.4) is 0 Å². The lowest BCUT2D eigenvalue weighted by Gasteiger charge is -2.04. The number of nitrogens with zero attached hydrogens (tertiary/aromatic N) is 1. The highest BCUT2D eigenvalue weighted by Gasteiger charge is 2.00. The van der Waals surface area contributed by atoms with Gasteiger partial charge in [0.15, 0.2) is 0 Å². The van der Waals surface area contributed by atoms with Crippen LogP contribution >= 0.6 is 11.8 Å². The number of nitrogen functional groups attached to an aromatic ring is 1. The Bertz CT molecular complexity index is 278. The summed E-state index contributed by atoms with van der Waals surface area (Å²) in [7, 11) is 1.69. The average Bonchev–Trinajstić information content (AvgIpc) is 2.09. The Kier molecular flexibility index (Phi) is 4.05. The summed E-state index contributed by atoms with van der Waals surface area (Å²) in [6, 6.07) is 1.93. The molecule has 0 aliphatic carbocycles. The predicted molar refractivity (Wildman–Crippen MR) is 56.0 cm³/mol. The Balaban J connectivity index is 2.56. The zero-order valence-corrected chi connectivity index (χ0v) is 8.73. The summed E-state index contributed by atoms with van der Waals surface area (Å²) < 4.78 is 4.94. The minimum absolute atomic E-state index is 0.722. The smallest absolute Gasteiger partial charge is 0.119 e. The van der Waals surface area contributed by atoms with Crippen molar-refractivity contribution >= 4 is 17.4 Å². The van der Waals surface area contributed by atoms with Gasteiger partial charge in [-0.2, -0.15) is 0 Å². The summed E-state index contributed by atoms with van der Waals surface area (Å²) in [5.74, 6) is 0.886. The fourth-order valence-electron chi connectivity index (χ4n) is 0.922. The SMILES string of the molecule is COCCSc1ncc(C)cc1N. The van der Waals surface area contributed by atoms with E-state index in [1.165, 1.54) is 0 Å². The molecule has 4 heteroatoms. The van der Waals surface area contributed by atoms with E-state index in [0.29, 0.717) is 0 Å². The Morgan fingerprint density at radius 3 is 3.00 bits per heavy atom. The van der Waals surface area contributed by atoms with Crippen LogP contribution in [0.2, 0.25) is 0 Å². The number of aryl methyl sites for hydroxylation is 1. The maximum absolute atomic E-state index is 5.78. The number of anilines is 1. The standard InChI is InChI=1S/C9H14N2OS/c1-7-5-8(10)9(11-6-7)13-4-3-12-2/h5-6H,3-4,10H2,1-2H3. The van der Waals surface area contributed by atoms with E-state index in [2.05, 4.69) is 4.98 Å². The molecule has 0 aliphatic heterocycles. The number of methoxy groups -OCH3 is 1. The van der Waals surface area contributed by atoms with Crippen molar-refractivity contribution in [2.75, 3.05) is 25.2 Å². The molecule has 13 heavy (non-hydrogen) atoms. The molecule has 0 atom stereocenters. The third-order valence-electron chi connectivity index (χ3n) is 1.54. The maximum atomic E-state index is 5.78. The number of rotatable bonds is 4. The molecule has 0 aliphatic rings. The molecule has 0 bridgehead atoms. The molecule has 0 radical (unpaired) electrons. The fraction of sp³-hybridized carbons (Fsp3) is 0.444. The third kappa shape index (κ3) is 3.24. The second-order valence-electron chi connectivity index (χ2n) is 2.75. The van der Waals surface area contributed by atoms with Crippen molar-refractivity contribution in [2.45, 2.75) is 11.9 Å². The molecule has 2 N–H and O–H groups in total. The van der Waals surface area contributed by atoms with Crippen molar-refractivity contribution < 1.29 is 4.74 Å². The predicted octanol–water partition coefficient (Wildman–Crippen LogP) is 1.71. The lowest BCUT2D eigenvalue weighted by Crippen LogP contribution is -1.96. The second kappa shape index (κ2) is 5.09. The highest BCUT2D eigenvalue weighted by atomic mass is 32.2. The molecule has 1 heterocycles. The van der Waals surface area contributed by atoms with Gasteiger partial charge >= 0.3 is 0 Å². The number of hydrogen-bond acceptors (Lipinski definition) is 4. The van der Waals surface area contributed by atoms with Gasteiger partial charge in [-0.3, -0.25) is 0 Å². The Morgan fingerprint density at radius 2 is 2.38 bits per heavy atom. The first kappa shape index (κ1) is 10.3. The van der Waals surface area contributed by atoms with Crippen LogP contribution in [-0.2, 0) is 4.74 Å². The monoisotopic (exact) mass is 198 g/mol. The highest BCUT2D eigenvalue weighted by Crippen LogP contribution is 2.22. The molecule has 0 saturated heterocycles. The van der Waals surface area contributed by atoms with E-state index < -0.39 is 0 Å². The summed E-state index contributed by atoms with van der Waals surface area (Å²) in [6.07, 6.45) is 1.82. The summed E-state index contributed by atoms with van der Waals surface area (Å²) in [4.78, 5) is 4.23. The molecule has 0 unspecified atom stereocenters. The first-order valence-corrected chi connectivity index (χ1v) is 5.06. The van der Waals surface area contributed by atoms with E-state index in [-0.39, 0.29) is 0 Å². The molecule has 3 nitrogen and oxygen atoms in total. The number of aromatic nitrogens is 1. The fourth-order valence-corrected chi connectivity index (χ4v) is 1.72. The normalized spacial score (nSPS) is 10.3. The van der Waals surface area contributed by atoms with E-state index in [4.69, 9.17) is 10.5 Å². The molecule has 0 fully saturated rings. The average molecular weight is 198 g/mol. The van der Waals surface area contributed by atoms with Gasteiger partial charge in [-0.1, -0.05) is 0 Å². The Labute approximate surface area is 82.7 Å². The quantitative estimate of drug-likeness (QED) is 0.591. The first-order chi connectivity index (χ1) is 6.24. The van der Waals surface area contributed by atoms with Crippen LogP contribution in [0.1, 0.15) is 5.56 Å². The summed E-state index contributed by atoms with van der Waals surface area (Å²) in [5.41, 5.74) is 7.62. The zero-order chi connectivity index (χ0) is 9.68. The van der Waals surface area contributed by atoms with Gasteiger partial charge in [0, 0.05) is 19.1 Å². The summed E-state index contributed by atoms with van der Waals surface area (Å²) in [5, 5.41) is 0.891. The molecule has 0 saturated carbocycles. The van der Waals surface area contributed by atoms with E-state index in [0.717, 1.165) is 28.6 Å². The van der Waals surface area contributed by atoms with Gasteiger partial charge in [-0.25, -0.2) is 4.98 Å². The number of pyridine rings is 1. The number of hydrogen-bond donors (Lipinski definition) is 1. The lowest BCUT2D eigenvalue weighted by atomic mass is 10.3. The van der Waals surface area contributed by atoms with Crippen LogP contribution in [-0.4, -0.2) is 24.5 Å². The molecular weight excluding hydrogens is 184 g/mol. The molecule has 0 amide bonds. The van der Waals surface area contributed by atoms with E-state index in [1.54, 1.807) is 18.9 Å². The lowest BCUT2D eigenvalue weighted by molar-refractivity contribution is 0.218. The van der Waals surface area contributed by atoms with Crippen molar-refractivity contribution in [1.29, 1.82) is 0 Å². The third-order valence-corrected chi connectivity index (χ3v) is 2.53. The van der Waals surface area contributed by atoms with E-state index in [9.17, 15) is 0 Å². The van der Waals surface area contributed by atoms with Crippen molar-refractivity contribution in [2.24, 2.45) is 0 Å². The van der Waals surface area contributed by atoms with Gasteiger partial charge in [0.05, 0.1) is 12.3 Å². The number of ether oxygens (including phenoxy) is 1. The van der Waals surface area contributed by atoms with Gasteiger partial charge < -0.3 is 10.5 Å². The minimum Gasteiger partial charge on any atom is -0.397 e. The molecule has 0 aromatic carbocycles. The van der Waals surface area contributed by atoms with Crippen LogP contribution < -0.4 is 5.73 Å². The van der Waals surface area contributed by atoms with Crippen LogP contribution in [0, 0.1) is 6.92 Å². The number of nitrogens with two attached hydrogens (primary N) is 1. The molecule has 1 aromatic heterocycles. The molecule has 72 valence electrons. The van der Waals surface area contributed by atoms with Crippen LogP contribution in [0.25, 0.3) is 0 Å². The Hall–Kier alpha value is -0.740. The first-order valence-electron chi connectivity index (χ1n) is 4.08. The summed E-state index contributed by atoms with van der Waals surface area (Å²) in [6.45, 7) is 2.70. The van der Waals surface area contributed by atoms with Gasteiger partial charge in [-0.15, -0.1) is 11.8 Å².